The first kappa shape index (κ1) is 44.9. The highest BCUT2D eigenvalue weighted by Crippen LogP contribution is 2.31. The molecule has 0 aromatic heterocycles. The van der Waals surface area contributed by atoms with Crippen LogP contribution in [0.5, 0.6) is 0 Å². The molecule has 2 fully saturated rings. The van der Waals surface area contributed by atoms with Crippen LogP contribution in [0.1, 0.15) is 94.1 Å². The minimum atomic E-state index is -1.30. The summed E-state index contributed by atoms with van der Waals surface area (Å²) in [6, 6.07) is 12.3. The van der Waals surface area contributed by atoms with Gasteiger partial charge in [-0.25, -0.2) is 4.79 Å². The molecule has 4 rings (SSSR count). The van der Waals surface area contributed by atoms with Crippen LogP contribution in [-0.4, -0.2) is 96.6 Å². The Balaban J connectivity index is 1.49. The molecular weight excluding hydrogens is 747 g/mol. The molecule has 1 saturated carbocycles. The lowest BCUT2D eigenvalue weighted by atomic mass is 9.83. The zero-order valence-electron chi connectivity index (χ0n) is 33.5. The Labute approximate surface area is 339 Å². The largest absolute Gasteiger partial charge is 0.449 e. The fraction of sp³-hybridized carbons (Fsp3) is 0.524. The van der Waals surface area contributed by atoms with Crippen molar-refractivity contribution in [2.45, 2.75) is 96.3 Å². The number of amides is 7. The summed E-state index contributed by atoms with van der Waals surface area (Å²) in [5.41, 5.74) is 6.36. The average molecular weight is 804 g/mol. The van der Waals surface area contributed by atoms with Gasteiger partial charge in [0.1, 0.15) is 18.1 Å². The molecule has 2 aromatic rings. The van der Waals surface area contributed by atoms with Crippen molar-refractivity contribution in [1.82, 2.24) is 31.5 Å². The molecule has 1 aliphatic carbocycles. The van der Waals surface area contributed by atoms with Gasteiger partial charge in [0.25, 0.3) is 11.8 Å². The van der Waals surface area contributed by atoms with E-state index >= 15 is 0 Å². The van der Waals surface area contributed by atoms with Gasteiger partial charge >= 0.3 is 6.09 Å². The fourth-order valence-corrected chi connectivity index (χ4v) is 7.34. The summed E-state index contributed by atoms with van der Waals surface area (Å²) in [4.78, 5) is 107. The molecule has 1 heterocycles. The zero-order valence-corrected chi connectivity index (χ0v) is 33.5. The number of nitrogens with one attached hydrogen (secondary N) is 5. The maximum absolute atomic E-state index is 14.5. The zero-order chi connectivity index (χ0) is 42.2. The van der Waals surface area contributed by atoms with E-state index in [1.807, 2.05) is 13.8 Å². The number of ketones is 1. The van der Waals surface area contributed by atoms with Crippen molar-refractivity contribution in [3.8, 4) is 0 Å². The van der Waals surface area contributed by atoms with Gasteiger partial charge in [0.15, 0.2) is 0 Å². The van der Waals surface area contributed by atoms with E-state index in [2.05, 4.69) is 26.6 Å². The van der Waals surface area contributed by atoms with Crippen LogP contribution >= 0.6 is 0 Å². The number of hydrogen-bond donors (Lipinski definition) is 6. The van der Waals surface area contributed by atoms with E-state index in [4.69, 9.17) is 10.5 Å². The molecule has 2 aromatic carbocycles. The Morgan fingerprint density at radius 1 is 0.845 bits per heavy atom. The lowest BCUT2D eigenvalue weighted by Crippen LogP contribution is -2.58. The third-order valence-electron chi connectivity index (χ3n) is 10.3. The number of ether oxygens (including phenoxy) is 1. The van der Waals surface area contributed by atoms with Crippen LogP contribution < -0.4 is 32.3 Å². The number of Topliss-reactive ketones (excluding diaryl/α,β-unsaturated/α-hetero) is 1. The summed E-state index contributed by atoms with van der Waals surface area (Å²) in [7, 11) is 0. The predicted octanol–water partition coefficient (Wildman–Crippen LogP) is 2.28. The van der Waals surface area contributed by atoms with Gasteiger partial charge in [0.05, 0.1) is 19.2 Å². The third kappa shape index (κ3) is 13.1. The summed E-state index contributed by atoms with van der Waals surface area (Å²) in [5, 5.41) is 13.1. The Morgan fingerprint density at radius 2 is 1.50 bits per heavy atom. The van der Waals surface area contributed by atoms with E-state index in [1.165, 1.54) is 4.90 Å². The topological polar surface area (TPSA) is 235 Å². The normalized spacial score (nSPS) is 18.2. The minimum Gasteiger partial charge on any atom is -0.449 e. The second-order valence-corrected chi connectivity index (χ2v) is 15.4. The number of nitrogens with zero attached hydrogens (tertiary/aromatic N) is 1. The van der Waals surface area contributed by atoms with Gasteiger partial charge in [0, 0.05) is 18.7 Å². The molecule has 314 valence electrons. The number of carbonyl (C=O) groups excluding carboxylic acids is 8. The monoisotopic (exact) mass is 803 g/mol. The number of nitrogens with two attached hydrogens (primary N) is 1. The van der Waals surface area contributed by atoms with E-state index in [0.717, 1.165) is 19.3 Å². The number of alkyl carbamates (subject to hydrolysis) is 1. The lowest BCUT2D eigenvalue weighted by Gasteiger charge is -2.34. The first-order valence-electron chi connectivity index (χ1n) is 20.1. The van der Waals surface area contributed by atoms with E-state index < -0.39 is 72.1 Å². The summed E-state index contributed by atoms with van der Waals surface area (Å²) in [5.74, 6) is -5.70. The molecule has 0 spiro atoms. The van der Waals surface area contributed by atoms with Crippen molar-refractivity contribution in [2.24, 2.45) is 23.5 Å². The molecule has 16 heteroatoms. The van der Waals surface area contributed by atoms with Crippen molar-refractivity contribution in [1.29, 1.82) is 0 Å². The van der Waals surface area contributed by atoms with E-state index in [-0.39, 0.29) is 56.2 Å². The minimum absolute atomic E-state index is 0.0694. The van der Waals surface area contributed by atoms with Crippen molar-refractivity contribution >= 4 is 47.3 Å². The van der Waals surface area contributed by atoms with Crippen LogP contribution in [0.25, 0.3) is 0 Å². The number of carbonyl (C=O) groups is 8. The average Bonchev–Trinajstić information content (AvgIpc) is 3.67. The molecule has 7 N–H and O–H groups in total. The van der Waals surface area contributed by atoms with Crippen molar-refractivity contribution in [2.75, 3.05) is 26.2 Å². The summed E-state index contributed by atoms with van der Waals surface area (Å²) >= 11 is 0. The molecule has 5 unspecified atom stereocenters. The molecule has 0 bridgehead atoms. The second-order valence-electron chi connectivity index (χ2n) is 15.4. The van der Waals surface area contributed by atoms with Gasteiger partial charge in [-0.2, -0.15) is 0 Å². The number of hydrogen-bond acceptors (Lipinski definition) is 9. The predicted molar refractivity (Wildman–Crippen MR) is 213 cm³/mol. The number of primary amides is 1. The van der Waals surface area contributed by atoms with E-state index in [0.29, 0.717) is 30.4 Å². The molecule has 1 saturated heterocycles. The van der Waals surface area contributed by atoms with Crippen LogP contribution in [0.2, 0.25) is 0 Å². The van der Waals surface area contributed by atoms with Crippen LogP contribution in [0, 0.1) is 17.8 Å². The van der Waals surface area contributed by atoms with Crippen molar-refractivity contribution < 1.29 is 43.1 Å². The maximum Gasteiger partial charge on any atom is 0.407 e. The number of rotatable bonds is 19. The van der Waals surface area contributed by atoms with Crippen LogP contribution in [0.15, 0.2) is 60.7 Å². The van der Waals surface area contributed by atoms with Gasteiger partial charge in [-0.1, -0.05) is 95.0 Å². The van der Waals surface area contributed by atoms with Gasteiger partial charge in [-0.15, -0.1) is 0 Å². The summed E-state index contributed by atoms with van der Waals surface area (Å²) in [6.07, 6.45) is 4.00. The maximum atomic E-state index is 14.5. The molecular formula is C42H57N7O9. The van der Waals surface area contributed by atoms with Gasteiger partial charge in [-0.05, 0) is 61.1 Å². The highest BCUT2D eigenvalue weighted by atomic mass is 16.5. The fourth-order valence-electron chi connectivity index (χ4n) is 7.34. The van der Waals surface area contributed by atoms with Crippen molar-refractivity contribution in [3.63, 3.8) is 0 Å². The first-order valence-corrected chi connectivity index (χ1v) is 20.1. The Bertz CT molecular complexity index is 1750. The lowest BCUT2D eigenvalue weighted by molar-refractivity contribution is -0.143. The van der Waals surface area contributed by atoms with Gasteiger partial charge in [0.2, 0.25) is 29.4 Å². The van der Waals surface area contributed by atoms with E-state index in [1.54, 1.807) is 67.6 Å². The van der Waals surface area contributed by atoms with Crippen molar-refractivity contribution in [3.05, 3.63) is 71.8 Å². The summed E-state index contributed by atoms with van der Waals surface area (Å²) in [6.45, 7) is 5.28. The molecule has 0 radical (unpaired) electrons. The second kappa shape index (κ2) is 22.2. The summed E-state index contributed by atoms with van der Waals surface area (Å²) < 4.78 is 5.38. The van der Waals surface area contributed by atoms with Crippen LogP contribution in [0.4, 0.5) is 4.79 Å². The van der Waals surface area contributed by atoms with Gasteiger partial charge in [-0.3, -0.25) is 33.6 Å². The highest BCUT2D eigenvalue weighted by molar-refractivity contribution is 6.38. The Kier molecular flexibility index (Phi) is 17.2. The quantitative estimate of drug-likeness (QED) is 0.114. The smallest absolute Gasteiger partial charge is 0.407 e. The standard InChI is InChI=1S/C42H57N7O9/c1-4-14-31(36(51)40(55)45-23-33(50)47-34(37(43)52)28-15-8-5-9-16-28)46-39(54)32-21-27(22-44-38(53)30-19-12-7-13-20-30)24-49(32)41(56)35(29-17-10-6-11-18-29)48-42(57)58-25-26(2)3/h5,7-9,12-13,15-16,19-20,26-27,29,31-32,34-35H,4,6,10-11,14,17-18,21-25H2,1-3H3,(H2,43,52)(H,44,53)(H,45,55)(H,46,54)(H,47,50)(H,48,57). The van der Waals surface area contributed by atoms with Crippen LogP contribution in [0.3, 0.4) is 0 Å². The molecule has 7 amide bonds. The molecule has 5 atom stereocenters. The highest BCUT2D eigenvalue weighted by Gasteiger charge is 2.45. The number of likely N-dealkylation sites (tertiary alicyclic amines) is 1. The Hall–Kier alpha value is -5.80. The molecule has 58 heavy (non-hydrogen) atoms. The first-order chi connectivity index (χ1) is 27.8. The SMILES string of the molecule is CCCC(NC(=O)C1CC(CNC(=O)c2ccccc2)CN1C(=O)C(NC(=O)OCC(C)C)C1CCCCC1)C(=O)C(=O)NCC(=O)NC(C(N)=O)c1ccccc1. The molecule has 16 nitrogen and oxygen atoms in total. The van der Waals surface area contributed by atoms with Gasteiger partial charge < -0.3 is 42.0 Å². The molecule has 1 aliphatic heterocycles. The molecule has 2 aliphatic rings. The third-order valence-corrected chi connectivity index (χ3v) is 10.3. The van der Waals surface area contributed by atoms with Crippen LogP contribution in [-0.2, 0) is 33.5 Å². The number of benzene rings is 2. The van der Waals surface area contributed by atoms with E-state index in [9.17, 15) is 38.4 Å². The Morgan fingerprint density at radius 3 is 2.12 bits per heavy atom.